The zero-order valence-corrected chi connectivity index (χ0v) is 11.4. The van der Waals surface area contributed by atoms with E-state index in [0.29, 0.717) is 16.9 Å². The normalized spacial score (nSPS) is 10.3. The zero-order valence-electron chi connectivity index (χ0n) is 11.4. The molecule has 21 heavy (non-hydrogen) atoms. The Morgan fingerprint density at radius 3 is 2.24 bits per heavy atom. The van der Waals surface area contributed by atoms with Crippen molar-refractivity contribution in [1.29, 1.82) is 0 Å². The molecule has 0 saturated heterocycles. The summed E-state index contributed by atoms with van der Waals surface area (Å²) in [4.78, 5) is 12.2. The third kappa shape index (κ3) is 2.79. The molecule has 104 valence electrons. The standard InChI is InChI=1S/C17H15N3O/c18-15-5-1-2-6-16(15)19-17(21)13-7-9-14(10-8-13)20-11-3-4-12-20/h1-12H,18H2,(H,19,21). The predicted molar refractivity (Wildman–Crippen MR) is 84.6 cm³/mol. The Balaban J connectivity index is 1.78. The minimum Gasteiger partial charge on any atom is -0.397 e. The fourth-order valence-corrected chi connectivity index (χ4v) is 2.10. The number of amides is 1. The van der Waals surface area contributed by atoms with Gasteiger partial charge in [0.15, 0.2) is 0 Å². The Morgan fingerprint density at radius 1 is 0.905 bits per heavy atom. The van der Waals surface area contributed by atoms with E-state index < -0.39 is 0 Å². The van der Waals surface area contributed by atoms with E-state index in [4.69, 9.17) is 5.73 Å². The highest BCUT2D eigenvalue weighted by Crippen LogP contribution is 2.18. The molecule has 0 saturated carbocycles. The van der Waals surface area contributed by atoms with E-state index in [2.05, 4.69) is 5.32 Å². The van der Waals surface area contributed by atoms with Gasteiger partial charge in [0.25, 0.3) is 5.91 Å². The van der Waals surface area contributed by atoms with Crippen molar-refractivity contribution in [2.45, 2.75) is 0 Å². The molecule has 1 amide bonds. The quantitative estimate of drug-likeness (QED) is 0.721. The van der Waals surface area contributed by atoms with Crippen LogP contribution in [0.4, 0.5) is 11.4 Å². The number of nitrogens with two attached hydrogens (primary N) is 1. The first kappa shape index (κ1) is 13.0. The fraction of sp³-hybridized carbons (Fsp3) is 0. The van der Waals surface area contributed by atoms with E-state index in [1.54, 1.807) is 24.3 Å². The summed E-state index contributed by atoms with van der Waals surface area (Å²) in [7, 11) is 0. The van der Waals surface area contributed by atoms with Gasteiger partial charge in [-0.1, -0.05) is 12.1 Å². The summed E-state index contributed by atoms with van der Waals surface area (Å²) in [5.41, 5.74) is 8.59. The molecule has 0 unspecified atom stereocenters. The summed E-state index contributed by atoms with van der Waals surface area (Å²) in [6.07, 6.45) is 3.92. The molecular formula is C17H15N3O. The summed E-state index contributed by atoms with van der Waals surface area (Å²) in [6, 6.07) is 18.5. The van der Waals surface area contributed by atoms with Gasteiger partial charge in [0.1, 0.15) is 0 Å². The van der Waals surface area contributed by atoms with Crippen LogP contribution in [0.15, 0.2) is 73.1 Å². The van der Waals surface area contributed by atoms with Crippen molar-refractivity contribution in [3.8, 4) is 5.69 Å². The molecule has 1 aromatic heterocycles. The van der Waals surface area contributed by atoms with Crippen LogP contribution in [-0.4, -0.2) is 10.5 Å². The van der Waals surface area contributed by atoms with E-state index in [0.717, 1.165) is 5.69 Å². The molecule has 4 nitrogen and oxygen atoms in total. The van der Waals surface area contributed by atoms with Crippen LogP contribution in [0.25, 0.3) is 5.69 Å². The van der Waals surface area contributed by atoms with Crippen LogP contribution < -0.4 is 11.1 Å². The summed E-state index contributed by atoms with van der Waals surface area (Å²) in [6.45, 7) is 0. The van der Waals surface area contributed by atoms with Crippen molar-refractivity contribution in [2.75, 3.05) is 11.1 Å². The Kier molecular flexibility index (Phi) is 3.43. The maximum atomic E-state index is 12.2. The molecule has 0 aliphatic carbocycles. The van der Waals surface area contributed by atoms with Gasteiger partial charge in [-0.2, -0.15) is 0 Å². The molecule has 0 atom stereocenters. The van der Waals surface area contributed by atoms with Crippen molar-refractivity contribution in [2.24, 2.45) is 0 Å². The second kappa shape index (κ2) is 5.54. The van der Waals surface area contributed by atoms with Crippen LogP contribution >= 0.6 is 0 Å². The molecule has 3 N–H and O–H groups in total. The molecule has 4 heteroatoms. The first-order valence-corrected chi connectivity index (χ1v) is 6.63. The van der Waals surface area contributed by atoms with Crippen molar-refractivity contribution in [3.05, 3.63) is 78.6 Å². The number of rotatable bonds is 3. The lowest BCUT2D eigenvalue weighted by Crippen LogP contribution is -2.13. The van der Waals surface area contributed by atoms with Crippen LogP contribution in [0.1, 0.15) is 10.4 Å². The smallest absolute Gasteiger partial charge is 0.255 e. The maximum absolute atomic E-state index is 12.2. The first-order chi connectivity index (χ1) is 10.2. The maximum Gasteiger partial charge on any atom is 0.255 e. The number of aromatic nitrogens is 1. The van der Waals surface area contributed by atoms with Crippen LogP contribution in [0.5, 0.6) is 0 Å². The number of carbonyl (C=O) groups excluding carboxylic acids is 1. The zero-order chi connectivity index (χ0) is 14.7. The molecule has 0 bridgehead atoms. The molecule has 0 fully saturated rings. The van der Waals surface area contributed by atoms with E-state index in [1.165, 1.54) is 0 Å². The van der Waals surface area contributed by atoms with Gasteiger partial charge >= 0.3 is 0 Å². The summed E-state index contributed by atoms with van der Waals surface area (Å²) < 4.78 is 1.98. The van der Waals surface area contributed by atoms with Gasteiger partial charge in [0, 0.05) is 23.6 Å². The average Bonchev–Trinajstić information content (AvgIpc) is 3.04. The molecule has 3 aromatic rings. The Hall–Kier alpha value is -3.01. The number of para-hydroxylation sites is 2. The van der Waals surface area contributed by atoms with Crippen LogP contribution in [0, 0.1) is 0 Å². The molecule has 0 spiro atoms. The topological polar surface area (TPSA) is 60.0 Å². The summed E-state index contributed by atoms with van der Waals surface area (Å²) in [5, 5.41) is 2.81. The number of anilines is 2. The minimum atomic E-state index is -0.174. The van der Waals surface area contributed by atoms with E-state index >= 15 is 0 Å². The number of nitrogen functional groups attached to an aromatic ring is 1. The highest BCUT2D eigenvalue weighted by molar-refractivity contribution is 6.05. The highest BCUT2D eigenvalue weighted by atomic mass is 16.1. The van der Waals surface area contributed by atoms with E-state index in [1.807, 2.05) is 53.4 Å². The minimum absolute atomic E-state index is 0.174. The average molecular weight is 277 g/mol. The van der Waals surface area contributed by atoms with Crippen molar-refractivity contribution < 1.29 is 4.79 Å². The van der Waals surface area contributed by atoms with Gasteiger partial charge in [-0.15, -0.1) is 0 Å². The van der Waals surface area contributed by atoms with Crippen LogP contribution in [0.2, 0.25) is 0 Å². The third-order valence-corrected chi connectivity index (χ3v) is 3.24. The third-order valence-electron chi connectivity index (χ3n) is 3.24. The molecule has 2 aromatic carbocycles. The fourth-order valence-electron chi connectivity index (χ4n) is 2.10. The Labute approximate surface area is 122 Å². The number of nitrogens with zero attached hydrogens (tertiary/aromatic N) is 1. The number of hydrogen-bond donors (Lipinski definition) is 2. The molecule has 0 aliphatic heterocycles. The number of nitrogens with one attached hydrogen (secondary N) is 1. The van der Waals surface area contributed by atoms with E-state index in [-0.39, 0.29) is 5.91 Å². The van der Waals surface area contributed by atoms with Crippen LogP contribution in [0.3, 0.4) is 0 Å². The van der Waals surface area contributed by atoms with Gasteiger partial charge in [0.2, 0.25) is 0 Å². The molecular weight excluding hydrogens is 262 g/mol. The van der Waals surface area contributed by atoms with Gasteiger partial charge in [-0.3, -0.25) is 4.79 Å². The summed E-state index contributed by atoms with van der Waals surface area (Å²) >= 11 is 0. The van der Waals surface area contributed by atoms with Gasteiger partial charge < -0.3 is 15.6 Å². The van der Waals surface area contributed by atoms with Crippen molar-refractivity contribution >= 4 is 17.3 Å². The lowest BCUT2D eigenvalue weighted by molar-refractivity contribution is 0.102. The summed E-state index contributed by atoms with van der Waals surface area (Å²) in [5.74, 6) is -0.174. The number of benzene rings is 2. The molecule has 0 radical (unpaired) electrons. The number of hydrogen-bond acceptors (Lipinski definition) is 2. The van der Waals surface area contributed by atoms with Gasteiger partial charge in [-0.05, 0) is 48.5 Å². The highest BCUT2D eigenvalue weighted by Gasteiger charge is 2.07. The first-order valence-electron chi connectivity index (χ1n) is 6.63. The Morgan fingerprint density at radius 2 is 1.57 bits per heavy atom. The van der Waals surface area contributed by atoms with Crippen molar-refractivity contribution in [3.63, 3.8) is 0 Å². The largest absolute Gasteiger partial charge is 0.397 e. The number of carbonyl (C=O) groups is 1. The second-order valence-corrected chi connectivity index (χ2v) is 4.68. The van der Waals surface area contributed by atoms with Crippen LogP contribution in [-0.2, 0) is 0 Å². The molecule has 0 aliphatic rings. The molecule has 1 heterocycles. The molecule has 3 rings (SSSR count). The SMILES string of the molecule is Nc1ccccc1NC(=O)c1ccc(-n2cccc2)cc1. The monoisotopic (exact) mass is 277 g/mol. The lowest BCUT2D eigenvalue weighted by atomic mass is 10.2. The Bertz CT molecular complexity index is 746. The lowest BCUT2D eigenvalue weighted by Gasteiger charge is -2.08. The van der Waals surface area contributed by atoms with E-state index in [9.17, 15) is 4.79 Å². The predicted octanol–water partition coefficient (Wildman–Crippen LogP) is 3.31. The van der Waals surface area contributed by atoms with Gasteiger partial charge in [-0.25, -0.2) is 0 Å². The van der Waals surface area contributed by atoms with Gasteiger partial charge in [0.05, 0.1) is 11.4 Å². The van der Waals surface area contributed by atoms with Crippen molar-refractivity contribution in [1.82, 2.24) is 4.57 Å². The second-order valence-electron chi connectivity index (χ2n) is 4.68.